The van der Waals surface area contributed by atoms with Crippen molar-refractivity contribution >= 4 is 23.2 Å². The molecule has 2 aromatic rings. The molecule has 0 fully saturated rings. The molecule has 2 rings (SSSR count). The van der Waals surface area contributed by atoms with Crippen LogP contribution in [0, 0.1) is 17.4 Å². The third kappa shape index (κ3) is 7.76. The number of aliphatic carboxylic acids is 1. The molecule has 156 valence electrons. The largest absolute Gasteiger partial charge is 0.481 e. The number of anilines is 1. The summed E-state index contributed by atoms with van der Waals surface area (Å²) < 4.78 is 0. The molecule has 0 radical (unpaired) electrons. The van der Waals surface area contributed by atoms with Crippen molar-refractivity contribution in [3.8, 4) is 6.19 Å². The van der Waals surface area contributed by atoms with Gasteiger partial charge in [-0.15, -0.1) is 0 Å². The van der Waals surface area contributed by atoms with Crippen LogP contribution in [0.15, 0.2) is 59.9 Å². The summed E-state index contributed by atoms with van der Waals surface area (Å²) in [5.41, 5.74) is 3.68. The number of nitrogens with one attached hydrogen (secondary N) is 2. The van der Waals surface area contributed by atoms with Crippen LogP contribution in [-0.2, 0) is 4.79 Å². The second-order valence-electron chi connectivity index (χ2n) is 7.17. The Morgan fingerprint density at radius 1 is 1.30 bits per heavy atom. The standard InChI is InChI=1S/C23H27N5O2/c1-17(2)14-26-23(27-16-24)28-20-9-5-7-18(13-20)21(10-3-4-11-22(29)30)19-8-6-12-25-15-19/h5-10,12-13,15,17H,3-4,11,14H2,1-2H3,(H,29,30)(H2,26,27,28)/b21-10+. The van der Waals surface area contributed by atoms with Gasteiger partial charge in [0.15, 0.2) is 6.19 Å². The van der Waals surface area contributed by atoms with E-state index in [0.29, 0.717) is 31.3 Å². The van der Waals surface area contributed by atoms with Crippen LogP contribution >= 0.6 is 0 Å². The van der Waals surface area contributed by atoms with E-state index in [-0.39, 0.29) is 6.42 Å². The smallest absolute Gasteiger partial charge is 0.303 e. The number of carbonyl (C=O) groups is 1. The number of carboxylic acids is 1. The molecule has 1 aromatic heterocycles. The van der Waals surface area contributed by atoms with Gasteiger partial charge in [-0.05, 0) is 48.1 Å². The Labute approximate surface area is 177 Å². The maximum Gasteiger partial charge on any atom is 0.303 e. The third-order valence-electron chi connectivity index (χ3n) is 4.14. The first-order valence-electron chi connectivity index (χ1n) is 9.89. The van der Waals surface area contributed by atoms with Crippen molar-refractivity contribution < 1.29 is 9.90 Å². The molecular weight excluding hydrogens is 378 g/mol. The summed E-state index contributed by atoms with van der Waals surface area (Å²) in [5, 5.41) is 23.6. The number of aromatic nitrogens is 1. The van der Waals surface area contributed by atoms with Gasteiger partial charge < -0.3 is 10.4 Å². The Bertz CT molecular complexity index is 930. The molecule has 0 aliphatic rings. The molecule has 0 aliphatic carbocycles. The van der Waals surface area contributed by atoms with Gasteiger partial charge in [-0.2, -0.15) is 5.26 Å². The number of benzene rings is 1. The lowest BCUT2D eigenvalue weighted by molar-refractivity contribution is -0.137. The predicted octanol–water partition coefficient (Wildman–Crippen LogP) is 4.26. The predicted molar refractivity (Wildman–Crippen MR) is 119 cm³/mol. The fourth-order valence-corrected chi connectivity index (χ4v) is 2.76. The van der Waals surface area contributed by atoms with E-state index in [1.807, 2.05) is 48.7 Å². The van der Waals surface area contributed by atoms with Crippen molar-refractivity contribution in [2.45, 2.75) is 33.1 Å². The zero-order chi connectivity index (χ0) is 21.8. The van der Waals surface area contributed by atoms with Crippen molar-refractivity contribution in [3.63, 3.8) is 0 Å². The fraction of sp³-hybridized carbons (Fsp3) is 0.304. The fourth-order valence-electron chi connectivity index (χ4n) is 2.76. The SMILES string of the molecule is CC(C)CN=C(NC#N)Nc1cccc(/C(=C\CCCC(=O)O)c2cccnc2)c1. The van der Waals surface area contributed by atoms with Crippen LogP contribution < -0.4 is 10.6 Å². The highest BCUT2D eigenvalue weighted by Gasteiger charge is 2.08. The first-order valence-corrected chi connectivity index (χ1v) is 9.89. The maximum absolute atomic E-state index is 10.8. The lowest BCUT2D eigenvalue weighted by Crippen LogP contribution is -2.27. The van der Waals surface area contributed by atoms with Crippen molar-refractivity contribution in [3.05, 3.63) is 66.0 Å². The number of hydrogen-bond donors (Lipinski definition) is 3. The molecule has 0 atom stereocenters. The summed E-state index contributed by atoms with van der Waals surface area (Å²) in [6.07, 6.45) is 8.80. The highest BCUT2D eigenvalue weighted by molar-refractivity contribution is 5.95. The normalized spacial score (nSPS) is 11.8. The van der Waals surface area contributed by atoms with Crippen LogP contribution in [0.4, 0.5) is 5.69 Å². The minimum Gasteiger partial charge on any atom is -0.481 e. The summed E-state index contributed by atoms with van der Waals surface area (Å²) in [6.45, 7) is 4.72. The Kier molecular flexibility index (Phi) is 9.07. The van der Waals surface area contributed by atoms with E-state index < -0.39 is 5.97 Å². The van der Waals surface area contributed by atoms with Gasteiger partial charge in [0.05, 0.1) is 0 Å². The number of nitrogens with zero attached hydrogens (tertiary/aromatic N) is 3. The number of hydrogen-bond acceptors (Lipinski definition) is 4. The van der Waals surface area contributed by atoms with Crippen LogP contribution in [-0.4, -0.2) is 28.6 Å². The molecular formula is C23H27N5O2. The van der Waals surface area contributed by atoms with Gasteiger partial charge in [0, 0.05) is 36.6 Å². The number of carboxylic acid groups (broad SMARTS) is 1. The molecule has 1 aromatic carbocycles. The minimum absolute atomic E-state index is 0.133. The van der Waals surface area contributed by atoms with E-state index in [1.165, 1.54) is 0 Å². The Morgan fingerprint density at radius 3 is 2.77 bits per heavy atom. The van der Waals surface area contributed by atoms with Crippen LogP contribution in [0.5, 0.6) is 0 Å². The molecule has 0 unspecified atom stereocenters. The summed E-state index contributed by atoms with van der Waals surface area (Å²) in [6, 6.07) is 11.6. The Balaban J connectivity index is 2.29. The van der Waals surface area contributed by atoms with Gasteiger partial charge in [0.25, 0.3) is 0 Å². The molecule has 0 saturated heterocycles. The second kappa shape index (κ2) is 12.0. The van der Waals surface area contributed by atoms with E-state index >= 15 is 0 Å². The molecule has 30 heavy (non-hydrogen) atoms. The number of pyridine rings is 1. The van der Waals surface area contributed by atoms with Crippen molar-refractivity contribution in [1.82, 2.24) is 10.3 Å². The third-order valence-corrected chi connectivity index (χ3v) is 4.14. The van der Waals surface area contributed by atoms with Gasteiger partial charge in [-0.3, -0.25) is 20.1 Å². The first-order chi connectivity index (χ1) is 14.5. The zero-order valence-electron chi connectivity index (χ0n) is 17.3. The monoisotopic (exact) mass is 405 g/mol. The van der Waals surface area contributed by atoms with Crippen LogP contribution in [0.1, 0.15) is 44.2 Å². The van der Waals surface area contributed by atoms with E-state index in [2.05, 4.69) is 34.5 Å². The molecule has 0 saturated carbocycles. The van der Waals surface area contributed by atoms with E-state index in [0.717, 1.165) is 22.4 Å². The van der Waals surface area contributed by atoms with Crippen LogP contribution in [0.2, 0.25) is 0 Å². The number of allylic oxidation sites excluding steroid dienone is 1. The van der Waals surface area contributed by atoms with Crippen molar-refractivity contribution in [2.24, 2.45) is 10.9 Å². The highest BCUT2D eigenvalue weighted by atomic mass is 16.4. The van der Waals surface area contributed by atoms with Gasteiger partial charge in [-0.25, -0.2) is 0 Å². The molecule has 0 spiro atoms. The van der Waals surface area contributed by atoms with Gasteiger partial charge in [-0.1, -0.05) is 38.1 Å². The number of nitriles is 1. The summed E-state index contributed by atoms with van der Waals surface area (Å²) in [5.74, 6) is -0.0213. The quantitative estimate of drug-likeness (QED) is 0.189. The van der Waals surface area contributed by atoms with Gasteiger partial charge >= 0.3 is 5.97 Å². The molecule has 0 bridgehead atoms. The van der Waals surface area contributed by atoms with Crippen LogP contribution in [0.3, 0.4) is 0 Å². The topological polar surface area (TPSA) is 110 Å². The average molecular weight is 406 g/mol. The first kappa shape index (κ1) is 22.6. The van der Waals surface area contributed by atoms with Crippen molar-refractivity contribution in [2.75, 3.05) is 11.9 Å². The summed E-state index contributed by atoms with van der Waals surface area (Å²) in [4.78, 5) is 19.4. The Hall–Kier alpha value is -3.66. The molecule has 7 heteroatoms. The Morgan fingerprint density at radius 2 is 2.10 bits per heavy atom. The summed E-state index contributed by atoms with van der Waals surface area (Å²) in [7, 11) is 0. The average Bonchev–Trinajstić information content (AvgIpc) is 2.73. The summed E-state index contributed by atoms with van der Waals surface area (Å²) >= 11 is 0. The van der Waals surface area contributed by atoms with E-state index in [1.54, 1.807) is 12.4 Å². The second-order valence-corrected chi connectivity index (χ2v) is 7.17. The lowest BCUT2D eigenvalue weighted by Gasteiger charge is -2.13. The van der Waals surface area contributed by atoms with Gasteiger partial charge in [0.2, 0.25) is 5.96 Å². The van der Waals surface area contributed by atoms with Gasteiger partial charge in [0.1, 0.15) is 0 Å². The zero-order valence-corrected chi connectivity index (χ0v) is 17.3. The molecule has 7 nitrogen and oxygen atoms in total. The number of guanidine groups is 1. The van der Waals surface area contributed by atoms with Crippen LogP contribution in [0.25, 0.3) is 5.57 Å². The molecule has 0 amide bonds. The number of unbranched alkanes of at least 4 members (excludes halogenated alkanes) is 1. The minimum atomic E-state index is -0.796. The number of aliphatic imine (C=N–C) groups is 1. The maximum atomic E-state index is 10.8. The van der Waals surface area contributed by atoms with Crippen molar-refractivity contribution in [1.29, 1.82) is 5.26 Å². The van der Waals surface area contributed by atoms with E-state index in [4.69, 9.17) is 10.4 Å². The lowest BCUT2D eigenvalue weighted by atomic mass is 9.97. The molecule has 0 aliphatic heterocycles. The highest BCUT2D eigenvalue weighted by Crippen LogP contribution is 2.26. The van der Waals surface area contributed by atoms with E-state index in [9.17, 15) is 4.79 Å². The molecule has 3 N–H and O–H groups in total. The molecule has 1 heterocycles. The number of rotatable bonds is 9.